The van der Waals surface area contributed by atoms with Crippen molar-refractivity contribution in [3.05, 3.63) is 0 Å². The number of rotatable bonds is 2. The minimum atomic E-state index is 0.0250. The van der Waals surface area contributed by atoms with E-state index in [4.69, 9.17) is 9.47 Å². The number of nitrogens with zero attached hydrogens (tertiary/aromatic N) is 1. The number of hydrogen-bond donors (Lipinski definition) is 1. The summed E-state index contributed by atoms with van der Waals surface area (Å²) < 4.78 is 11.2. The Labute approximate surface area is 115 Å². The summed E-state index contributed by atoms with van der Waals surface area (Å²) in [5.41, 5.74) is 0.224. The molecule has 2 amide bonds. The Morgan fingerprint density at radius 3 is 2.42 bits per heavy atom. The van der Waals surface area contributed by atoms with Gasteiger partial charge in [0.15, 0.2) is 0 Å². The fraction of sp³-hybridized carbons (Fsp3) is 0.929. The minimum Gasteiger partial charge on any atom is -0.376 e. The number of hydrogen-bond acceptors (Lipinski definition) is 3. The van der Waals surface area contributed by atoms with Crippen LogP contribution in [-0.2, 0) is 9.47 Å². The maximum Gasteiger partial charge on any atom is 0.317 e. The third kappa shape index (κ3) is 4.35. The molecule has 19 heavy (non-hydrogen) atoms. The zero-order chi connectivity index (χ0) is 14.0. The molecule has 2 heterocycles. The molecule has 3 unspecified atom stereocenters. The normalized spacial score (nSPS) is 28.9. The minimum absolute atomic E-state index is 0.0250. The Balaban J connectivity index is 1.83. The van der Waals surface area contributed by atoms with Gasteiger partial charge in [-0.15, -0.1) is 0 Å². The highest BCUT2D eigenvalue weighted by Gasteiger charge is 2.34. The van der Waals surface area contributed by atoms with Crippen molar-refractivity contribution in [1.82, 2.24) is 10.2 Å². The van der Waals surface area contributed by atoms with Crippen molar-refractivity contribution in [2.24, 2.45) is 5.41 Å². The summed E-state index contributed by atoms with van der Waals surface area (Å²) in [6, 6.07) is 0.211. The van der Waals surface area contributed by atoms with E-state index in [9.17, 15) is 4.79 Å². The van der Waals surface area contributed by atoms with E-state index in [-0.39, 0.29) is 29.7 Å². The lowest BCUT2D eigenvalue weighted by Crippen LogP contribution is -2.58. The molecule has 2 saturated heterocycles. The lowest BCUT2D eigenvalue weighted by Gasteiger charge is -2.41. The SMILES string of the molecule is CC(CC(C)(C)C)NC(=O)N1CC2COCC(C1)O2. The Morgan fingerprint density at radius 2 is 1.89 bits per heavy atom. The number of urea groups is 1. The second kappa shape index (κ2) is 5.67. The van der Waals surface area contributed by atoms with Crippen LogP contribution in [0.4, 0.5) is 4.79 Å². The molecule has 0 aromatic rings. The van der Waals surface area contributed by atoms with Crippen LogP contribution in [0.15, 0.2) is 0 Å². The lowest BCUT2D eigenvalue weighted by molar-refractivity contribution is -0.171. The predicted molar refractivity (Wildman–Crippen MR) is 73.1 cm³/mol. The average molecular weight is 270 g/mol. The molecule has 2 bridgehead atoms. The predicted octanol–water partition coefficient (Wildman–Crippen LogP) is 1.62. The maximum atomic E-state index is 12.2. The molecule has 2 aliphatic rings. The highest BCUT2D eigenvalue weighted by atomic mass is 16.6. The van der Waals surface area contributed by atoms with Crippen LogP contribution >= 0.6 is 0 Å². The van der Waals surface area contributed by atoms with Crippen LogP contribution in [0.5, 0.6) is 0 Å². The van der Waals surface area contributed by atoms with E-state index in [1.165, 1.54) is 0 Å². The zero-order valence-electron chi connectivity index (χ0n) is 12.4. The largest absolute Gasteiger partial charge is 0.376 e. The van der Waals surface area contributed by atoms with Gasteiger partial charge in [0.1, 0.15) is 0 Å². The number of carbonyl (C=O) groups is 1. The summed E-state index contributed by atoms with van der Waals surface area (Å²) in [5, 5.41) is 3.09. The van der Waals surface area contributed by atoms with Gasteiger partial charge in [0.25, 0.3) is 0 Å². The van der Waals surface area contributed by atoms with Gasteiger partial charge >= 0.3 is 6.03 Å². The highest BCUT2D eigenvalue weighted by Crippen LogP contribution is 2.21. The average Bonchev–Trinajstić information content (AvgIpc) is 2.25. The maximum absolute atomic E-state index is 12.2. The number of fused-ring (bicyclic) bond motifs is 2. The molecule has 0 radical (unpaired) electrons. The Bertz CT molecular complexity index is 315. The molecular formula is C14H26N2O3. The van der Waals surface area contributed by atoms with E-state index < -0.39 is 0 Å². The molecule has 110 valence electrons. The smallest absolute Gasteiger partial charge is 0.317 e. The molecule has 0 aromatic heterocycles. The van der Waals surface area contributed by atoms with Crippen LogP contribution in [0.3, 0.4) is 0 Å². The van der Waals surface area contributed by atoms with Crippen molar-refractivity contribution < 1.29 is 14.3 Å². The number of morpholine rings is 1. The molecule has 2 fully saturated rings. The summed E-state index contributed by atoms with van der Waals surface area (Å²) >= 11 is 0. The molecule has 1 N–H and O–H groups in total. The molecule has 2 rings (SSSR count). The van der Waals surface area contributed by atoms with E-state index in [1.54, 1.807) is 0 Å². The van der Waals surface area contributed by atoms with Crippen molar-refractivity contribution in [2.45, 2.75) is 52.4 Å². The van der Waals surface area contributed by atoms with Gasteiger partial charge in [-0.25, -0.2) is 4.79 Å². The van der Waals surface area contributed by atoms with E-state index in [0.717, 1.165) is 6.42 Å². The molecule has 5 nitrogen and oxygen atoms in total. The number of amides is 2. The first-order valence-electron chi connectivity index (χ1n) is 7.12. The van der Waals surface area contributed by atoms with Gasteiger partial charge in [0.2, 0.25) is 0 Å². The quantitative estimate of drug-likeness (QED) is 0.829. The molecular weight excluding hydrogens is 244 g/mol. The van der Waals surface area contributed by atoms with Crippen LogP contribution in [0.25, 0.3) is 0 Å². The van der Waals surface area contributed by atoms with E-state index in [2.05, 4.69) is 33.0 Å². The molecule has 3 atom stereocenters. The summed E-state index contributed by atoms with van der Waals surface area (Å²) in [6.45, 7) is 11.1. The van der Waals surface area contributed by atoms with Gasteiger partial charge in [-0.2, -0.15) is 0 Å². The van der Waals surface area contributed by atoms with Crippen LogP contribution in [0.1, 0.15) is 34.1 Å². The second-order valence-corrected chi connectivity index (χ2v) is 6.94. The number of carbonyl (C=O) groups excluding carboxylic acids is 1. The zero-order valence-corrected chi connectivity index (χ0v) is 12.4. The fourth-order valence-corrected chi connectivity index (χ4v) is 2.88. The Hall–Kier alpha value is -0.810. The monoisotopic (exact) mass is 270 g/mol. The van der Waals surface area contributed by atoms with E-state index >= 15 is 0 Å². The first kappa shape index (κ1) is 14.6. The van der Waals surface area contributed by atoms with Crippen LogP contribution < -0.4 is 5.32 Å². The Morgan fingerprint density at radius 1 is 1.32 bits per heavy atom. The third-order valence-electron chi connectivity index (χ3n) is 3.42. The van der Waals surface area contributed by atoms with Crippen molar-refractivity contribution in [3.63, 3.8) is 0 Å². The molecule has 5 heteroatoms. The number of nitrogens with one attached hydrogen (secondary N) is 1. The van der Waals surface area contributed by atoms with Gasteiger partial charge < -0.3 is 19.7 Å². The van der Waals surface area contributed by atoms with E-state index in [1.807, 2.05) is 4.90 Å². The van der Waals surface area contributed by atoms with Gasteiger partial charge in [0, 0.05) is 6.04 Å². The summed E-state index contributed by atoms with van der Waals surface area (Å²) in [5.74, 6) is 0. The van der Waals surface area contributed by atoms with Crippen molar-refractivity contribution in [1.29, 1.82) is 0 Å². The number of ether oxygens (including phenoxy) is 2. The summed E-state index contributed by atoms with van der Waals surface area (Å²) in [7, 11) is 0. The first-order valence-corrected chi connectivity index (χ1v) is 7.12. The topological polar surface area (TPSA) is 50.8 Å². The van der Waals surface area contributed by atoms with Crippen LogP contribution in [0, 0.1) is 5.41 Å². The molecule has 0 aromatic carbocycles. The standard InChI is InChI=1S/C14H26N2O3/c1-10(5-14(2,3)4)15-13(17)16-6-11-8-18-9-12(7-16)19-11/h10-12H,5-9H2,1-4H3,(H,15,17). The summed E-state index contributed by atoms with van der Waals surface area (Å²) in [4.78, 5) is 14.1. The van der Waals surface area contributed by atoms with E-state index in [0.29, 0.717) is 26.3 Å². The molecule has 0 aliphatic carbocycles. The third-order valence-corrected chi connectivity index (χ3v) is 3.42. The fourth-order valence-electron chi connectivity index (χ4n) is 2.88. The molecule has 2 aliphatic heterocycles. The van der Waals surface area contributed by atoms with Crippen molar-refractivity contribution >= 4 is 6.03 Å². The van der Waals surface area contributed by atoms with Gasteiger partial charge in [-0.1, -0.05) is 20.8 Å². The molecule has 0 saturated carbocycles. The molecule has 0 spiro atoms. The van der Waals surface area contributed by atoms with Gasteiger partial charge in [-0.05, 0) is 18.8 Å². The van der Waals surface area contributed by atoms with Crippen molar-refractivity contribution in [2.75, 3.05) is 26.3 Å². The van der Waals surface area contributed by atoms with Gasteiger partial charge in [0.05, 0.1) is 38.5 Å². The van der Waals surface area contributed by atoms with Gasteiger partial charge in [-0.3, -0.25) is 0 Å². The second-order valence-electron chi connectivity index (χ2n) is 6.94. The first-order chi connectivity index (χ1) is 8.83. The summed E-state index contributed by atoms with van der Waals surface area (Å²) in [6.07, 6.45) is 1.05. The van der Waals surface area contributed by atoms with Crippen LogP contribution in [0.2, 0.25) is 0 Å². The lowest BCUT2D eigenvalue weighted by atomic mass is 9.89. The van der Waals surface area contributed by atoms with Crippen LogP contribution in [-0.4, -0.2) is 55.5 Å². The highest BCUT2D eigenvalue weighted by molar-refractivity contribution is 5.74. The van der Waals surface area contributed by atoms with Crippen molar-refractivity contribution in [3.8, 4) is 0 Å². The Kier molecular flexibility index (Phi) is 4.36.